The summed E-state index contributed by atoms with van der Waals surface area (Å²) in [5, 5.41) is 9.96. The zero-order valence-corrected chi connectivity index (χ0v) is 15.6. The monoisotopic (exact) mass is 323 g/mol. The van der Waals surface area contributed by atoms with E-state index in [0.717, 1.165) is 12.8 Å². The van der Waals surface area contributed by atoms with Gasteiger partial charge in [0.1, 0.15) is 18.1 Å². The van der Waals surface area contributed by atoms with Crippen LogP contribution in [-0.2, 0) is 4.74 Å². The van der Waals surface area contributed by atoms with Crippen LogP contribution in [-0.4, -0.2) is 11.7 Å². The second kappa shape index (κ2) is 17.4. The lowest BCUT2D eigenvalue weighted by atomic mass is 10.0. The molecule has 1 N–H and O–H groups in total. The van der Waals surface area contributed by atoms with Gasteiger partial charge in [-0.05, 0) is 6.42 Å². The highest BCUT2D eigenvalue weighted by Crippen LogP contribution is 2.16. The van der Waals surface area contributed by atoms with Crippen LogP contribution in [0.2, 0.25) is 0 Å². The topological polar surface area (TPSA) is 29.5 Å². The van der Waals surface area contributed by atoms with Gasteiger partial charge >= 0.3 is 0 Å². The standard InChI is InChI=1S/C21H39O2/c1-4-7-8-9-10-11-12-13-14-15-16-17-18-20(22)21(6-3)23-19-5-2/h5,18,22H,2,4,6-17,19H2,1,3H3. The first-order valence-corrected chi connectivity index (χ1v) is 9.75. The molecule has 2 heteroatoms. The van der Waals surface area contributed by atoms with E-state index in [2.05, 4.69) is 13.5 Å². The number of aliphatic hydroxyl groups is 1. The third-order valence-electron chi connectivity index (χ3n) is 4.13. The average Bonchev–Trinajstić information content (AvgIpc) is 2.56. The number of ether oxygens (including phenoxy) is 1. The molecule has 1 radical (unpaired) electrons. The quantitative estimate of drug-likeness (QED) is 0.173. The minimum absolute atomic E-state index is 0.307. The zero-order chi connectivity index (χ0) is 17.2. The molecule has 0 saturated heterocycles. The fourth-order valence-corrected chi connectivity index (χ4v) is 2.68. The smallest absolute Gasteiger partial charge is 0.134 e. The summed E-state index contributed by atoms with van der Waals surface area (Å²) in [5.74, 6) is 0.981. The molecule has 23 heavy (non-hydrogen) atoms. The lowest BCUT2D eigenvalue weighted by Gasteiger charge is -2.09. The maximum absolute atomic E-state index is 9.96. The molecule has 0 amide bonds. The summed E-state index contributed by atoms with van der Waals surface area (Å²) < 4.78 is 5.44. The number of hydrogen-bond acceptors (Lipinski definition) is 2. The van der Waals surface area contributed by atoms with E-state index >= 15 is 0 Å². The van der Waals surface area contributed by atoms with Gasteiger partial charge in [0.15, 0.2) is 0 Å². The molecule has 0 aliphatic heterocycles. The van der Waals surface area contributed by atoms with E-state index in [9.17, 15) is 5.11 Å². The van der Waals surface area contributed by atoms with Crippen LogP contribution in [0.3, 0.4) is 0 Å². The molecule has 0 bridgehead atoms. The predicted octanol–water partition coefficient (Wildman–Crippen LogP) is 7.27. The Hall–Kier alpha value is -0.920. The Morgan fingerprint density at radius 3 is 1.87 bits per heavy atom. The third kappa shape index (κ3) is 14.4. The Balaban J connectivity index is 3.44. The van der Waals surface area contributed by atoms with Crippen molar-refractivity contribution < 1.29 is 9.84 Å². The van der Waals surface area contributed by atoms with E-state index < -0.39 is 0 Å². The lowest BCUT2D eigenvalue weighted by molar-refractivity contribution is 0.213. The average molecular weight is 324 g/mol. The second-order valence-electron chi connectivity index (χ2n) is 6.29. The zero-order valence-electron chi connectivity index (χ0n) is 15.6. The highest BCUT2D eigenvalue weighted by molar-refractivity contribution is 5.09. The van der Waals surface area contributed by atoms with Crippen molar-refractivity contribution in [1.82, 2.24) is 0 Å². The number of aliphatic hydroxyl groups excluding tert-OH is 1. The van der Waals surface area contributed by atoms with Gasteiger partial charge in [-0.3, -0.25) is 0 Å². The summed E-state index contributed by atoms with van der Waals surface area (Å²) in [5.41, 5.74) is 0. The molecular formula is C21H39O2. The summed E-state index contributed by atoms with van der Waals surface area (Å²) >= 11 is 0. The molecule has 0 atom stereocenters. The summed E-state index contributed by atoms with van der Waals surface area (Å²) in [6, 6.07) is 0. The van der Waals surface area contributed by atoms with Crippen LogP contribution >= 0.6 is 0 Å². The van der Waals surface area contributed by atoms with Crippen LogP contribution in [0.1, 0.15) is 97.3 Å². The van der Waals surface area contributed by atoms with Gasteiger partial charge in [-0.1, -0.05) is 97.1 Å². The van der Waals surface area contributed by atoms with Gasteiger partial charge in [0.05, 0.1) is 0 Å². The van der Waals surface area contributed by atoms with E-state index in [0.29, 0.717) is 24.5 Å². The Bertz CT molecular complexity index is 294. The molecule has 0 spiro atoms. The second-order valence-corrected chi connectivity index (χ2v) is 6.29. The van der Waals surface area contributed by atoms with Crippen molar-refractivity contribution in [3.05, 3.63) is 30.6 Å². The SMILES string of the molecule is C=CCOC(CC)=C(O)[CH]CCCCCCCCCCCCC. The van der Waals surface area contributed by atoms with E-state index in [1.807, 2.05) is 13.3 Å². The molecule has 0 heterocycles. The first-order valence-electron chi connectivity index (χ1n) is 9.75. The van der Waals surface area contributed by atoms with Crippen molar-refractivity contribution in [3.63, 3.8) is 0 Å². The van der Waals surface area contributed by atoms with Gasteiger partial charge in [-0.2, -0.15) is 0 Å². The Morgan fingerprint density at radius 2 is 1.39 bits per heavy atom. The van der Waals surface area contributed by atoms with E-state index in [1.54, 1.807) is 6.08 Å². The van der Waals surface area contributed by atoms with Crippen LogP contribution in [0.4, 0.5) is 0 Å². The fourth-order valence-electron chi connectivity index (χ4n) is 2.68. The van der Waals surface area contributed by atoms with E-state index in [-0.39, 0.29) is 0 Å². The van der Waals surface area contributed by atoms with Crippen molar-refractivity contribution in [1.29, 1.82) is 0 Å². The molecule has 0 aliphatic rings. The van der Waals surface area contributed by atoms with Gasteiger partial charge in [0, 0.05) is 12.8 Å². The van der Waals surface area contributed by atoms with Crippen LogP contribution in [0, 0.1) is 6.42 Å². The van der Waals surface area contributed by atoms with Crippen molar-refractivity contribution in [2.75, 3.05) is 6.61 Å². The third-order valence-corrected chi connectivity index (χ3v) is 4.13. The van der Waals surface area contributed by atoms with Crippen molar-refractivity contribution in [2.45, 2.75) is 97.3 Å². The number of allylic oxidation sites excluding steroid dienone is 2. The first kappa shape index (κ1) is 22.1. The molecule has 0 aromatic rings. The van der Waals surface area contributed by atoms with Gasteiger partial charge in [0.2, 0.25) is 0 Å². The molecule has 0 saturated carbocycles. The first-order chi connectivity index (χ1) is 11.3. The number of unbranched alkanes of at least 4 members (excludes halogenated alkanes) is 11. The maximum Gasteiger partial charge on any atom is 0.134 e. The molecule has 0 aromatic carbocycles. The van der Waals surface area contributed by atoms with Crippen LogP contribution in [0.5, 0.6) is 0 Å². The maximum atomic E-state index is 9.96. The molecular weight excluding hydrogens is 284 g/mol. The van der Waals surface area contributed by atoms with E-state index in [4.69, 9.17) is 4.74 Å². The predicted molar refractivity (Wildman–Crippen MR) is 101 cm³/mol. The lowest BCUT2D eigenvalue weighted by Crippen LogP contribution is -1.98. The number of hydrogen-bond donors (Lipinski definition) is 1. The summed E-state index contributed by atoms with van der Waals surface area (Å²) in [4.78, 5) is 0. The van der Waals surface area contributed by atoms with Crippen molar-refractivity contribution in [3.8, 4) is 0 Å². The van der Waals surface area contributed by atoms with E-state index in [1.165, 1.54) is 64.2 Å². The molecule has 0 unspecified atom stereocenters. The van der Waals surface area contributed by atoms with Gasteiger partial charge in [0.25, 0.3) is 0 Å². The summed E-state index contributed by atoms with van der Waals surface area (Å²) in [6.07, 6.45) is 20.1. The molecule has 0 rings (SSSR count). The summed E-state index contributed by atoms with van der Waals surface area (Å²) in [7, 11) is 0. The van der Waals surface area contributed by atoms with Crippen LogP contribution in [0.25, 0.3) is 0 Å². The largest absolute Gasteiger partial charge is 0.508 e. The van der Waals surface area contributed by atoms with Gasteiger partial charge in [-0.15, -0.1) is 0 Å². The molecule has 135 valence electrons. The molecule has 0 aromatic heterocycles. The normalized spacial score (nSPS) is 12.1. The highest BCUT2D eigenvalue weighted by atomic mass is 16.5. The molecule has 0 aliphatic carbocycles. The Morgan fingerprint density at radius 1 is 0.870 bits per heavy atom. The Kier molecular flexibility index (Phi) is 16.7. The molecule has 2 nitrogen and oxygen atoms in total. The van der Waals surface area contributed by atoms with Gasteiger partial charge in [-0.25, -0.2) is 0 Å². The number of rotatable bonds is 17. The minimum Gasteiger partial charge on any atom is -0.508 e. The van der Waals surface area contributed by atoms with Crippen LogP contribution in [0.15, 0.2) is 24.2 Å². The van der Waals surface area contributed by atoms with Crippen LogP contribution < -0.4 is 0 Å². The van der Waals surface area contributed by atoms with Crippen molar-refractivity contribution in [2.24, 2.45) is 0 Å². The molecule has 0 fully saturated rings. The fraction of sp³-hybridized carbons (Fsp3) is 0.762. The minimum atomic E-state index is 0.307. The van der Waals surface area contributed by atoms with Crippen molar-refractivity contribution >= 4 is 0 Å². The van der Waals surface area contributed by atoms with Gasteiger partial charge < -0.3 is 9.84 Å². The summed E-state index contributed by atoms with van der Waals surface area (Å²) in [6.45, 7) is 8.34. The highest BCUT2D eigenvalue weighted by Gasteiger charge is 2.04. The Labute approximate surface area is 145 Å².